The zero-order valence-corrected chi connectivity index (χ0v) is 16.3. The molecule has 4 aromatic rings. The summed E-state index contributed by atoms with van der Waals surface area (Å²) in [7, 11) is -2.93. The molecule has 3 aromatic heterocycles. The number of ether oxygens (including phenoxy) is 1. The van der Waals surface area contributed by atoms with Gasteiger partial charge >= 0.3 is 0 Å². The highest BCUT2D eigenvalue weighted by Gasteiger charge is 2.21. The summed E-state index contributed by atoms with van der Waals surface area (Å²) in [5.41, 5.74) is 0.717. The number of sulfonamides is 1. The summed E-state index contributed by atoms with van der Waals surface area (Å²) in [6, 6.07) is 10.9. The van der Waals surface area contributed by atoms with E-state index in [2.05, 4.69) is 19.8 Å². The van der Waals surface area contributed by atoms with Crippen LogP contribution in [0.5, 0.6) is 5.88 Å². The van der Waals surface area contributed by atoms with Crippen LogP contribution in [0.15, 0.2) is 70.6 Å². The van der Waals surface area contributed by atoms with Crippen molar-refractivity contribution in [2.24, 2.45) is 0 Å². The van der Waals surface area contributed by atoms with Crippen LogP contribution < -0.4 is 15.0 Å². The van der Waals surface area contributed by atoms with Crippen LogP contribution in [0, 0.1) is 5.82 Å². The average Bonchev–Trinajstić information content (AvgIpc) is 2.74. The molecule has 152 valence electrons. The second-order valence-corrected chi connectivity index (χ2v) is 7.74. The molecule has 0 unspecified atom stereocenters. The first-order valence-corrected chi connectivity index (χ1v) is 10.0. The predicted octanol–water partition coefficient (Wildman–Crippen LogP) is 2.10. The highest BCUT2D eigenvalue weighted by Crippen LogP contribution is 2.29. The van der Waals surface area contributed by atoms with Gasteiger partial charge in [0.05, 0.1) is 12.8 Å². The molecule has 0 saturated carbocycles. The van der Waals surface area contributed by atoms with Gasteiger partial charge in [-0.3, -0.25) is 9.52 Å². The molecular weight excluding hydrogens is 413 g/mol. The standard InChI is InChI=1S/C19H14FN5O4S/c1-29-19-15(24-30(27,28)16-5-3-2-4-13(16)20)10-12(11-22-19)14-6-7-17-21-9-8-18(26)25(17)23-14/h2-11,24H,1H3. The lowest BCUT2D eigenvalue weighted by atomic mass is 10.2. The van der Waals surface area contributed by atoms with Gasteiger partial charge in [0.2, 0.25) is 5.88 Å². The Hall–Kier alpha value is -3.86. The van der Waals surface area contributed by atoms with Crippen molar-refractivity contribution in [2.75, 3.05) is 11.8 Å². The molecule has 4 rings (SSSR count). The number of rotatable bonds is 5. The second-order valence-electron chi connectivity index (χ2n) is 6.09. The molecule has 0 saturated heterocycles. The lowest BCUT2D eigenvalue weighted by molar-refractivity contribution is 0.400. The topological polar surface area (TPSA) is 116 Å². The zero-order valence-electron chi connectivity index (χ0n) is 15.5. The Bertz CT molecular complexity index is 1420. The van der Waals surface area contributed by atoms with Gasteiger partial charge in [0.1, 0.15) is 16.4 Å². The number of hydrogen-bond acceptors (Lipinski definition) is 7. The SMILES string of the molecule is COc1ncc(-c2ccc3nccc(=O)n3n2)cc1NS(=O)(=O)c1ccccc1F. The summed E-state index contributed by atoms with van der Waals surface area (Å²) in [6.45, 7) is 0. The highest BCUT2D eigenvalue weighted by molar-refractivity contribution is 7.92. The van der Waals surface area contributed by atoms with Crippen molar-refractivity contribution >= 4 is 21.4 Å². The van der Waals surface area contributed by atoms with E-state index in [1.165, 1.54) is 43.8 Å². The molecule has 0 radical (unpaired) electrons. The van der Waals surface area contributed by atoms with E-state index >= 15 is 0 Å². The maximum atomic E-state index is 14.0. The minimum Gasteiger partial charge on any atom is -0.480 e. The summed E-state index contributed by atoms with van der Waals surface area (Å²) in [5.74, 6) is -0.908. The minimum absolute atomic E-state index is 0.0151. The number of anilines is 1. The third kappa shape index (κ3) is 3.57. The maximum Gasteiger partial charge on any atom is 0.274 e. The molecular formula is C19H14FN5O4S. The molecule has 3 heterocycles. The van der Waals surface area contributed by atoms with E-state index < -0.39 is 20.7 Å². The molecule has 0 amide bonds. The number of fused-ring (bicyclic) bond motifs is 1. The first kappa shape index (κ1) is 19.5. The van der Waals surface area contributed by atoms with E-state index in [4.69, 9.17) is 4.74 Å². The first-order valence-electron chi connectivity index (χ1n) is 8.56. The van der Waals surface area contributed by atoms with Gasteiger partial charge in [0.25, 0.3) is 15.6 Å². The maximum absolute atomic E-state index is 14.0. The number of methoxy groups -OCH3 is 1. The van der Waals surface area contributed by atoms with E-state index in [-0.39, 0.29) is 17.1 Å². The summed E-state index contributed by atoms with van der Waals surface area (Å²) >= 11 is 0. The fourth-order valence-electron chi connectivity index (χ4n) is 2.77. The van der Waals surface area contributed by atoms with E-state index in [1.807, 2.05) is 0 Å². The number of halogens is 1. The van der Waals surface area contributed by atoms with Gasteiger partial charge in [-0.25, -0.2) is 22.8 Å². The van der Waals surface area contributed by atoms with Crippen LogP contribution in [0.1, 0.15) is 0 Å². The van der Waals surface area contributed by atoms with Gasteiger partial charge in [-0.05, 0) is 30.3 Å². The van der Waals surface area contributed by atoms with Gasteiger partial charge < -0.3 is 4.74 Å². The fourth-order valence-corrected chi connectivity index (χ4v) is 3.90. The van der Waals surface area contributed by atoms with Crippen molar-refractivity contribution in [3.8, 4) is 17.1 Å². The lowest BCUT2D eigenvalue weighted by Gasteiger charge is -2.13. The molecule has 30 heavy (non-hydrogen) atoms. The average molecular weight is 427 g/mol. The van der Waals surface area contributed by atoms with Gasteiger partial charge in [-0.1, -0.05) is 12.1 Å². The monoisotopic (exact) mass is 427 g/mol. The lowest BCUT2D eigenvalue weighted by Crippen LogP contribution is -2.16. The van der Waals surface area contributed by atoms with Gasteiger partial charge in [-0.2, -0.15) is 9.61 Å². The Balaban J connectivity index is 1.79. The summed E-state index contributed by atoms with van der Waals surface area (Å²) < 4.78 is 47.8. The van der Waals surface area contributed by atoms with Crippen molar-refractivity contribution < 1.29 is 17.5 Å². The fraction of sp³-hybridized carbons (Fsp3) is 0.0526. The number of nitrogens with one attached hydrogen (secondary N) is 1. The molecule has 1 aromatic carbocycles. The third-order valence-electron chi connectivity index (χ3n) is 4.16. The van der Waals surface area contributed by atoms with E-state index in [9.17, 15) is 17.6 Å². The van der Waals surface area contributed by atoms with Crippen molar-refractivity contribution in [3.63, 3.8) is 0 Å². The Morgan fingerprint density at radius 1 is 1.10 bits per heavy atom. The molecule has 11 heteroatoms. The molecule has 0 bridgehead atoms. The predicted molar refractivity (Wildman–Crippen MR) is 106 cm³/mol. The van der Waals surface area contributed by atoms with E-state index in [0.717, 1.165) is 16.6 Å². The van der Waals surface area contributed by atoms with Crippen molar-refractivity contribution in [3.05, 3.63) is 77.1 Å². The van der Waals surface area contributed by atoms with Crippen LogP contribution in [0.4, 0.5) is 10.1 Å². The quantitative estimate of drug-likeness (QED) is 0.519. The molecule has 1 N–H and O–H groups in total. The number of nitrogens with zero attached hydrogens (tertiary/aromatic N) is 4. The molecule has 0 aliphatic carbocycles. The summed E-state index contributed by atoms with van der Waals surface area (Å²) in [4.78, 5) is 19.6. The van der Waals surface area contributed by atoms with Crippen LogP contribution >= 0.6 is 0 Å². The van der Waals surface area contributed by atoms with Crippen LogP contribution in [0.3, 0.4) is 0 Å². The van der Waals surface area contributed by atoms with Crippen molar-refractivity contribution in [1.29, 1.82) is 0 Å². The van der Waals surface area contributed by atoms with Crippen LogP contribution in [-0.2, 0) is 10.0 Å². The normalized spacial score (nSPS) is 11.4. The number of hydrogen-bond donors (Lipinski definition) is 1. The zero-order chi connectivity index (χ0) is 21.3. The minimum atomic E-state index is -4.25. The van der Waals surface area contributed by atoms with Gasteiger partial charge in [0, 0.05) is 24.0 Å². The molecule has 0 fully saturated rings. The van der Waals surface area contributed by atoms with Gasteiger partial charge in [0.15, 0.2) is 5.65 Å². The van der Waals surface area contributed by atoms with Crippen LogP contribution in [0.25, 0.3) is 16.9 Å². The van der Waals surface area contributed by atoms with Gasteiger partial charge in [-0.15, -0.1) is 0 Å². The Morgan fingerprint density at radius 2 is 1.90 bits per heavy atom. The van der Waals surface area contributed by atoms with E-state index in [1.54, 1.807) is 12.1 Å². The van der Waals surface area contributed by atoms with Crippen molar-refractivity contribution in [1.82, 2.24) is 19.6 Å². The molecule has 0 aliphatic rings. The smallest absolute Gasteiger partial charge is 0.274 e. The Kier molecular flexibility index (Phi) is 4.88. The largest absolute Gasteiger partial charge is 0.480 e. The van der Waals surface area contributed by atoms with Crippen LogP contribution in [0.2, 0.25) is 0 Å². The molecule has 0 atom stereocenters. The first-order chi connectivity index (χ1) is 14.4. The van der Waals surface area contributed by atoms with Crippen LogP contribution in [-0.4, -0.2) is 35.1 Å². The molecule has 0 spiro atoms. The Morgan fingerprint density at radius 3 is 2.67 bits per heavy atom. The van der Waals surface area contributed by atoms with Crippen molar-refractivity contribution in [2.45, 2.75) is 4.90 Å². The highest BCUT2D eigenvalue weighted by atomic mass is 32.2. The second kappa shape index (κ2) is 7.52. The third-order valence-corrected chi connectivity index (χ3v) is 5.56. The number of benzene rings is 1. The molecule has 9 nitrogen and oxygen atoms in total. The number of pyridine rings is 1. The van der Waals surface area contributed by atoms with E-state index in [0.29, 0.717) is 16.9 Å². The summed E-state index contributed by atoms with van der Waals surface area (Å²) in [5, 5.41) is 4.23. The summed E-state index contributed by atoms with van der Waals surface area (Å²) in [6.07, 6.45) is 2.79. The number of aromatic nitrogens is 4. The Labute approximate surface area is 169 Å². The molecule has 0 aliphatic heterocycles.